The van der Waals surface area contributed by atoms with Gasteiger partial charge in [-0.25, -0.2) is 4.79 Å². The molecule has 1 aromatic heterocycles. The Balaban J connectivity index is 1.60. The average Bonchev–Trinajstić information content (AvgIpc) is 3.26. The van der Waals surface area contributed by atoms with Crippen molar-refractivity contribution in [1.29, 1.82) is 0 Å². The minimum atomic E-state index is -0.407. The van der Waals surface area contributed by atoms with Gasteiger partial charge in [0, 0.05) is 24.3 Å². The lowest BCUT2D eigenvalue weighted by Crippen LogP contribution is -2.35. The standard InChI is InChI=1S/C24H24N2O4S/c1-2-30-24(28)18-9-6-10-19(15-18)25-22(27)21-16-20(17-7-4-3-5-8-17)23(31-21)26-11-13-29-14-12-26/h3-10,15-16H,2,11-14H2,1H3,(H,25,27). The number of amides is 1. The lowest BCUT2D eigenvalue weighted by molar-refractivity contribution is 0.0526. The number of hydrogen-bond donors (Lipinski definition) is 1. The summed E-state index contributed by atoms with van der Waals surface area (Å²) in [6, 6.07) is 18.8. The summed E-state index contributed by atoms with van der Waals surface area (Å²) in [6.07, 6.45) is 0. The van der Waals surface area contributed by atoms with Crippen LogP contribution < -0.4 is 10.2 Å². The van der Waals surface area contributed by atoms with Gasteiger partial charge in [-0.05, 0) is 36.8 Å². The third-order valence-electron chi connectivity index (χ3n) is 4.95. The number of thiophene rings is 1. The van der Waals surface area contributed by atoms with Crippen LogP contribution in [-0.4, -0.2) is 44.8 Å². The van der Waals surface area contributed by atoms with Gasteiger partial charge in [-0.15, -0.1) is 11.3 Å². The second kappa shape index (κ2) is 9.76. The van der Waals surface area contributed by atoms with Gasteiger partial charge in [-0.2, -0.15) is 0 Å². The third-order valence-corrected chi connectivity index (χ3v) is 6.15. The minimum absolute atomic E-state index is 0.206. The summed E-state index contributed by atoms with van der Waals surface area (Å²) in [5.74, 6) is -0.613. The molecular weight excluding hydrogens is 412 g/mol. The summed E-state index contributed by atoms with van der Waals surface area (Å²) in [6.45, 7) is 5.00. The highest BCUT2D eigenvalue weighted by molar-refractivity contribution is 7.18. The Labute approximate surface area is 185 Å². The number of nitrogens with zero attached hydrogens (tertiary/aromatic N) is 1. The van der Waals surface area contributed by atoms with Crippen molar-refractivity contribution in [2.24, 2.45) is 0 Å². The fourth-order valence-corrected chi connectivity index (χ4v) is 4.58. The van der Waals surface area contributed by atoms with E-state index in [1.165, 1.54) is 11.3 Å². The predicted molar refractivity (Wildman–Crippen MR) is 123 cm³/mol. The van der Waals surface area contributed by atoms with E-state index in [9.17, 15) is 9.59 Å². The number of benzene rings is 2. The van der Waals surface area contributed by atoms with Crippen LogP contribution in [0.1, 0.15) is 27.0 Å². The Morgan fingerprint density at radius 2 is 1.84 bits per heavy atom. The summed E-state index contributed by atoms with van der Waals surface area (Å²) in [4.78, 5) is 27.9. The molecule has 0 radical (unpaired) electrons. The third kappa shape index (κ3) is 4.95. The first kappa shape index (κ1) is 21.1. The first-order valence-electron chi connectivity index (χ1n) is 10.3. The number of ether oxygens (including phenoxy) is 2. The van der Waals surface area contributed by atoms with Crippen molar-refractivity contribution in [2.75, 3.05) is 43.1 Å². The molecule has 3 aromatic rings. The van der Waals surface area contributed by atoms with Gasteiger partial charge in [0.15, 0.2) is 0 Å². The van der Waals surface area contributed by atoms with E-state index in [1.807, 2.05) is 24.3 Å². The quantitative estimate of drug-likeness (QED) is 0.568. The molecule has 31 heavy (non-hydrogen) atoms. The molecule has 7 heteroatoms. The van der Waals surface area contributed by atoms with E-state index in [2.05, 4.69) is 22.3 Å². The molecule has 0 atom stereocenters. The van der Waals surface area contributed by atoms with E-state index in [0.717, 1.165) is 29.2 Å². The number of carbonyl (C=O) groups excluding carboxylic acids is 2. The van der Waals surface area contributed by atoms with Crippen LogP contribution in [0.15, 0.2) is 60.7 Å². The van der Waals surface area contributed by atoms with Crippen LogP contribution in [0.25, 0.3) is 11.1 Å². The van der Waals surface area contributed by atoms with E-state index < -0.39 is 5.97 Å². The lowest BCUT2D eigenvalue weighted by Gasteiger charge is -2.28. The maximum atomic E-state index is 13.0. The summed E-state index contributed by atoms with van der Waals surface area (Å²) < 4.78 is 10.5. The van der Waals surface area contributed by atoms with Crippen LogP contribution in [0.4, 0.5) is 10.7 Å². The SMILES string of the molecule is CCOC(=O)c1cccc(NC(=O)c2cc(-c3ccccc3)c(N3CCOCC3)s2)c1. The van der Waals surface area contributed by atoms with Gasteiger partial charge in [-0.1, -0.05) is 36.4 Å². The molecule has 0 unspecified atom stereocenters. The Morgan fingerprint density at radius 3 is 2.58 bits per heavy atom. The molecule has 2 aromatic carbocycles. The number of morpholine rings is 1. The summed E-state index contributed by atoms with van der Waals surface area (Å²) in [7, 11) is 0. The topological polar surface area (TPSA) is 67.9 Å². The molecule has 1 saturated heterocycles. The van der Waals surface area contributed by atoms with Crippen LogP contribution >= 0.6 is 11.3 Å². The highest BCUT2D eigenvalue weighted by Crippen LogP contribution is 2.39. The zero-order chi connectivity index (χ0) is 21.6. The summed E-state index contributed by atoms with van der Waals surface area (Å²) in [5, 5.41) is 3.98. The molecule has 6 nitrogen and oxygen atoms in total. The monoisotopic (exact) mass is 436 g/mol. The smallest absolute Gasteiger partial charge is 0.338 e. The predicted octanol–water partition coefficient (Wildman–Crippen LogP) is 4.68. The van der Waals surface area contributed by atoms with Gasteiger partial charge in [0.1, 0.15) is 0 Å². The van der Waals surface area contributed by atoms with E-state index in [-0.39, 0.29) is 5.91 Å². The molecule has 1 aliphatic heterocycles. The minimum Gasteiger partial charge on any atom is -0.462 e. The normalized spacial score (nSPS) is 13.6. The second-order valence-corrected chi connectivity index (χ2v) is 8.08. The molecule has 0 bridgehead atoms. The number of esters is 1. The van der Waals surface area contributed by atoms with Gasteiger partial charge < -0.3 is 19.7 Å². The maximum absolute atomic E-state index is 13.0. The Morgan fingerprint density at radius 1 is 1.06 bits per heavy atom. The van der Waals surface area contributed by atoms with Gasteiger partial charge in [-0.3, -0.25) is 4.79 Å². The molecule has 0 aliphatic carbocycles. The van der Waals surface area contributed by atoms with Gasteiger partial charge in [0.25, 0.3) is 5.91 Å². The largest absolute Gasteiger partial charge is 0.462 e. The Hall–Kier alpha value is -3.16. The molecule has 1 N–H and O–H groups in total. The van der Waals surface area contributed by atoms with Crippen LogP contribution in [0.5, 0.6) is 0 Å². The first-order chi connectivity index (χ1) is 15.2. The van der Waals surface area contributed by atoms with E-state index in [1.54, 1.807) is 31.2 Å². The van der Waals surface area contributed by atoms with E-state index in [4.69, 9.17) is 9.47 Å². The van der Waals surface area contributed by atoms with Crippen molar-refractivity contribution in [1.82, 2.24) is 0 Å². The summed E-state index contributed by atoms with van der Waals surface area (Å²) >= 11 is 1.47. The van der Waals surface area contributed by atoms with Gasteiger partial charge >= 0.3 is 5.97 Å². The lowest BCUT2D eigenvalue weighted by atomic mass is 10.1. The van der Waals surface area contributed by atoms with Crippen molar-refractivity contribution < 1.29 is 19.1 Å². The zero-order valence-electron chi connectivity index (χ0n) is 17.3. The highest BCUT2D eigenvalue weighted by Gasteiger charge is 2.22. The van der Waals surface area contributed by atoms with E-state index >= 15 is 0 Å². The molecule has 0 saturated carbocycles. The zero-order valence-corrected chi connectivity index (χ0v) is 18.1. The number of rotatable bonds is 6. The average molecular weight is 437 g/mol. The van der Waals surface area contributed by atoms with Crippen LogP contribution in [0, 0.1) is 0 Å². The molecule has 1 aliphatic rings. The van der Waals surface area contributed by atoms with Crippen molar-refractivity contribution >= 4 is 33.9 Å². The molecule has 4 rings (SSSR count). The van der Waals surface area contributed by atoms with Crippen LogP contribution in [0.2, 0.25) is 0 Å². The second-order valence-electron chi connectivity index (χ2n) is 7.05. The van der Waals surface area contributed by atoms with E-state index in [0.29, 0.717) is 35.9 Å². The van der Waals surface area contributed by atoms with Crippen molar-refractivity contribution in [3.63, 3.8) is 0 Å². The van der Waals surface area contributed by atoms with Crippen LogP contribution in [-0.2, 0) is 9.47 Å². The molecule has 2 heterocycles. The fourth-order valence-electron chi connectivity index (χ4n) is 3.45. The number of nitrogens with one attached hydrogen (secondary N) is 1. The van der Waals surface area contributed by atoms with Gasteiger partial charge in [0.05, 0.1) is 35.3 Å². The van der Waals surface area contributed by atoms with Gasteiger partial charge in [0.2, 0.25) is 0 Å². The number of anilines is 2. The molecule has 1 amide bonds. The van der Waals surface area contributed by atoms with Crippen molar-refractivity contribution in [2.45, 2.75) is 6.92 Å². The number of hydrogen-bond acceptors (Lipinski definition) is 6. The van der Waals surface area contributed by atoms with Crippen molar-refractivity contribution in [3.8, 4) is 11.1 Å². The molecular formula is C24H24N2O4S. The molecule has 0 spiro atoms. The Kier molecular flexibility index (Phi) is 6.64. The Bertz CT molecular complexity index is 1060. The summed E-state index contributed by atoms with van der Waals surface area (Å²) in [5.41, 5.74) is 3.07. The van der Waals surface area contributed by atoms with Crippen LogP contribution in [0.3, 0.4) is 0 Å². The molecule has 1 fully saturated rings. The highest BCUT2D eigenvalue weighted by atomic mass is 32.1. The molecule has 160 valence electrons. The maximum Gasteiger partial charge on any atom is 0.338 e. The van der Waals surface area contributed by atoms with Crippen molar-refractivity contribution in [3.05, 3.63) is 71.1 Å². The fraction of sp³-hybridized carbons (Fsp3) is 0.250. The number of carbonyl (C=O) groups is 2. The first-order valence-corrected chi connectivity index (χ1v) is 11.1.